The summed E-state index contributed by atoms with van der Waals surface area (Å²) in [6, 6.07) is 9.36. The Morgan fingerprint density at radius 1 is 1.41 bits per heavy atom. The van der Waals surface area contributed by atoms with Crippen LogP contribution < -0.4 is 5.32 Å². The first-order valence-corrected chi connectivity index (χ1v) is 5.97. The van der Waals surface area contributed by atoms with Gasteiger partial charge in [-0.2, -0.15) is 0 Å². The summed E-state index contributed by atoms with van der Waals surface area (Å²) in [7, 11) is 1.51. The maximum atomic E-state index is 12.0. The molecule has 88 valence electrons. The molecule has 1 aromatic heterocycles. The lowest BCUT2D eigenvalue weighted by molar-refractivity contribution is -0.126. The second kappa shape index (κ2) is 5.56. The molecule has 0 spiro atoms. The van der Waals surface area contributed by atoms with Gasteiger partial charge in [-0.05, 0) is 5.56 Å². The number of amides is 1. The Balaban J connectivity index is 2.11. The summed E-state index contributed by atoms with van der Waals surface area (Å²) in [5.74, 6) is -0.214. The minimum Gasteiger partial charge on any atom is -0.367 e. The third-order valence-electron chi connectivity index (χ3n) is 2.24. The van der Waals surface area contributed by atoms with Crippen molar-refractivity contribution in [2.75, 3.05) is 12.4 Å². The van der Waals surface area contributed by atoms with Crippen molar-refractivity contribution in [3.8, 4) is 0 Å². The Kier molecular flexibility index (Phi) is 3.85. The number of hydrogen-bond acceptors (Lipinski definition) is 4. The van der Waals surface area contributed by atoms with Crippen LogP contribution >= 0.6 is 11.3 Å². The molecule has 2 rings (SSSR count). The Bertz CT molecular complexity index is 471. The fourth-order valence-electron chi connectivity index (χ4n) is 1.48. The number of ether oxygens (including phenoxy) is 1. The molecule has 4 nitrogen and oxygen atoms in total. The Morgan fingerprint density at radius 3 is 2.76 bits per heavy atom. The molecule has 0 fully saturated rings. The zero-order valence-corrected chi connectivity index (χ0v) is 10.1. The third kappa shape index (κ3) is 2.89. The second-order valence-corrected chi connectivity index (χ2v) is 4.25. The van der Waals surface area contributed by atoms with Crippen molar-refractivity contribution in [2.45, 2.75) is 6.10 Å². The fourth-order valence-corrected chi connectivity index (χ4v) is 2.01. The molecule has 17 heavy (non-hydrogen) atoms. The number of anilines is 1. The van der Waals surface area contributed by atoms with Crippen molar-refractivity contribution < 1.29 is 9.53 Å². The standard InChI is InChI=1S/C12H12N2O2S/c1-16-10(9-5-3-2-4-6-9)11(15)14-12-13-7-8-17-12/h2-8,10H,1H3,(H,13,14,15). The first-order valence-electron chi connectivity index (χ1n) is 5.09. The Labute approximate surface area is 103 Å². The van der Waals surface area contributed by atoms with E-state index in [1.165, 1.54) is 18.4 Å². The predicted molar refractivity (Wildman–Crippen MR) is 66.9 cm³/mol. The van der Waals surface area contributed by atoms with Crippen molar-refractivity contribution in [2.24, 2.45) is 0 Å². The van der Waals surface area contributed by atoms with E-state index in [2.05, 4.69) is 10.3 Å². The molecule has 0 aliphatic rings. The van der Waals surface area contributed by atoms with Gasteiger partial charge in [0.05, 0.1) is 0 Å². The van der Waals surface area contributed by atoms with Crippen LogP contribution in [0.3, 0.4) is 0 Å². The highest BCUT2D eigenvalue weighted by atomic mass is 32.1. The van der Waals surface area contributed by atoms with Gasteiger partial charge < -0.3 is 4.74 Å². The van der Waals surface area contributed by atoms with Gasteiger partial charge >= 0.3 is 0 Å². The van der Waals surface area contributed by atoms with Crippen LogP contribution in [0.15, 0.2) is 41.9 Å². The zero-order chi connectivity index (χ0) is 12.1. The maximum absolute atomic E-state index is 12.0. The summed E-state index contributed by atoms with van der Waals surface area (Å²) in [6.45, 7) is 0. The van der Waals surface area contributed by atoms with Gasteiger partial charge in [-0.1, -0.05) is 30.3 Å². The van der Waals surface area contributed by atoms with E-state index < -0.39 is 6.10 Å². The normalized spacial score (nSPS) is 12.1. The van der Waals surface area contributed by atoms with Crippen LogP contribution in [0.2, 0.25) is 0 Å². The van der Waals surface area contributed by atoms with Gasteiger partial charge in [0.15, 0.2) is 11.2 Å². The van der Waals surface area contributed by atoms with Gasteiger partial charge in [-0.25, -0.2) is 4.98 Å². The molecule has 1 unspecified atom stereocenters. The maximum Gasteiger partial charge on any atom is 0.259 e. The van der Waals surface area contributed by atoms with E-state index in [1.54, 1.807) is 11.6 Å². The Morgan fingerprint density at radius 2 is 2.18 bits per heavy atom. The molecular formula is C12H12N2O2S. The Hall–Kier alpha value is -1.72. The second-order valence-electron chi connectivity index (χ2n) is 3.35. The summed E-state index contributed by atoms with van der Waals surface area (Å²) in [5, 5.41) is 5.10. The summed E-state index contributed by atoms with van der Waals surface area (Å²) in [5.41, 5.74) is 0.823. The highest BCUT2D eigenvalue weighted by Gasteiger charge is 2.20. The van der Waals surface area contributed by atoms with Gasteiger partial charge in [0, 0.05) is 18.7 Å². The van der Waals surface area contributed by atoms with Crippen molar-refractivity contribution in [1.29, 1.82) is 0 Å². The molecular weight excluding hydrogens is 236 g/mol. The molecule has 0 aliphatic heterocycles. The van der Waals surface area contributed by atoms with Crippen LogP contribution in [0.25, 0.3) is 0 Å². The van der Waals surface area contributed by atoms with Crippen molar-refractivity contribution in [1.82, 2.24) is 4.98 Å². The first kappa shape index (κ1) is 11.8. The van der Waals surface area contributed by atoms with Gasteiger partial charge in [0.2, 0.25) is 0 Å². The number of rotatable bonds is 4. The lowest BCUT2D eigenvalue weighted by Gasteiger charge is -2.14. The minimum absolute atomic E-state index is 0.214. The zero-order valence-electron chi connectivity index (χ0n) is 9.29. The summed E-state index contributed by atoms with van der Waals surface area (Å²) < 4.78 is 5.21. The largest absolute Gasteiger partial charge is 0.367 e. The topological polar surface area (TPSA) is 51.2 Å². The van der Waals surface area contributed by atoms with Crippen LogP contribution in [-0.2, 0) is 9.53 Å². The molecule has 0 aliphatic carbocycles. The lowest BCUT2D eigenvalue weighted by Crippen LogP contribution is -2.22. The monoisotopic (exact) mass is 248 g/mol. The van der Waals surface area contributed by atoms with Gasteiger partial charge in [0.25, 0.3) is 5.91 Å². The highest BCUT2D eigenvalue weighted by Crippen LogP contribution is 2.19. The number of benzene rings is 1. The number of nitrogens with zero attached hydrogens (tertiary/aromatic N) is 1. The van der Waals surface area contributed by atoms with E-state index in [-0.39, 0.29) is 5.91 Å². The average molecular weight is 248 g/mol. The minimum atomic E-state index is -0.611. The van der Waals surface area contributed by atoms with Crippen LogP contribution in [0.5, 0.6) is 0 Å². The quantitative estimate of drug-likeness (QED) is 0.904. The number of thiazole rings is 1. The molecule has 0 bridgehead atoms. The van der Waals surface area contributed by atoms with Crippen LogP contribution in [0.1, 0.15) is 11.7 Å². The van der Waals surface area contributed by atoms with Crippen LogP contribution in [0.4, 0.5) is 5.13 Å². The van der Waals surface area contributed by atoms with Crippen molar-refractivity contribution in [3.05, 3.63) is 47.5 Å². The van der Waals surface area contributed by atoms with Crippen molar-refractivity contribution >= 4 is 22.4 Å². The molecule has 1 N–H and O–H groups in total. The predicted octanol–water partition coefficient (Wildman–Crippen LogP) is 2.47. The van der Waals surface area contributed by atoms with E-state index in [1.807, 2.05) is 30.3 Å². The molecule has 1 heterocycles. The lowest BCUT2D eigenvalue weighted by atomic mass is 10.1. The third-order valence-corrected chi connectivity index (χ3v) is 2.93. The smallest absolute Gasteiger partial charge is 0.259 e. The van der Waals surface area contributed by atoms with E-state index in [0.29, 0.717) is 5.13 Å². The molecule has 1 amide bonds. The van der Waals surface area contributed by atoms with E-state index in [9.17, 15) is 4.79 Å². The van der Waals surface area contributed by atoms with E-state index in [0.717, 1.165) is 5.56 Å². The number of methoxy groups -OCH3 is 1. The van der Waals surface area contributed by atoms with Crippen LogP contribution in [0, 0.1) is 0 Å². The first-order chi connectivity index (χ1) is 8.31. The number of carbonyl (C=O) groups is 1. The van der Waals surface area contributed by atoms with Crippen LogP contribution in [-0.4, -0.2) is 18.0 Å². The van der Waals surface area contributed by atoms with E-state index in [4.69, 9.17) is 4.74 Å². The summed E-state index contributed by atoms with van der Waals surface area (Å²) in [6.07, 6.45) is 1.03. The number of hydrogen-bond donors (Lipinski definition) is 1. The molecule has 2 aromatic rings. The van der Waals surface area contributed by atoms with Gasteiger partial charge in [0.1, 0.15) is 0 Å². The van der Waals surface area contributed by atoms with Gasteiger partial charge in [-0.3, -0.25) is 10.1 Å². The average Bonchev–Trinajstić information content (AvgIpc) is 2.84. The highest BCUT2D eigenvalue weighted by molar-refractivity contribution is 7.13. The molecule has 0 saturated heterocycles. The van der Waals surface area contributed by atoms with E-state index >= 15 is 0 Å². The number of aromatic nitrogens is 1. The summed E-state index contributed by atoms with van der Waals surface area (Å²) >= 11 is 1.38. The molecule has 0 radical (unpaired) electrons. The SMILES string of the molecule is COC(C(=O)Nc1nccs1)c1ccccc1. The molecule has 1 aromatic carbocycles. The molecule has 0 saturated carbocycles. The number of carbonyl (C=O) groups excluding carboxylic acids is 1. The number of nitrogens with one attached hydrogen (secondary N) is 1. The molecule has 1 atom stereocenters. The van der Waals surface area contributed by atoms with Crippen molar-refractivity contribution in [3.63, 3.8) is 0 Å². The van der Waals surface area contributed by atoms with Gasteiger partial charge in [-0.15, -0.1) is 11.3 Å². The summed E-state index contributed by atoms with van der Waals surface area (Å²) in [4.78, 5) is 16.0. The molecule has 5 heteroatoms. The fraction of sp³-hybridized carbons (Fsp3) is 0.167.